The van der Waals surface area contributed by atoms with Crippen molar-refractivity contribution in [2.75, 3.05) is 6.61 Å². The van der Waals surface area contributed by atoms with Crippen molar-refractivity contribution in [2.45, 2.75) is 38.3 Å². The van der Waals surface area contributed by atoms with Gasteiger partial charge in [-0.25, -0.2) is 0 Å². The first-order chi connectivity index (χ1) is 9.97. The standard InChI is InChI=1S/C15H19N3O3/c1-11(2)17-15(9-16,12-6-7-12)10-21-14-5-3-4-13(8-14)18(19)20/h3-5,8,11-12,17H,6-7,10H2,1-2H3. The van der Waals surface area contributed by atoms with Crippen LogP contribution in [0.15, 0.2) is 24.3 Å². The third-order valence-electron chi connectivity index (χ3n) is 3.51. The maximum Gasteiger partial charge on any atom is 0.273 e. The number of hydrogen-bond acceptors (Lipinski definition) is 5. The molecule has 1 aliphatic carbocycles. The monoisotopic (exact) mass is 289 g/mol. The summed E-state index contributed by atoms with van der Waals surface area (Å²) in [6.45, 7) is 4.16. The minimum absolute atomic E-state index is 0.0155. The molecule has 2 rings (SSSR count). The number of benzene rings is 1. The number of nitriles is 1. The molecular formula is C15H19N3O3. The topological polar surface area (TPSA) is 88.2 Å². The summed E-state index contributed by atoms with van der Waals surface area (Å²) in [5.74, 6) is 0.693. The quantitative estimate of drug-likeness (QED) is 0.615. The average molecular weight is 289 g/mol. The van der Waals surface area contributed by atoms with Gasteiger partial charge in [0, 0.05) is 12.1 Å². The Bertz CT molecular complexity index is 564. The smallest absolute Gasteiger partial charge is 0.273 e. The third kappa shape index (κ3) is 3.70. The van der Waals surface area contributed by atoms with Crippen molar-refractivity contribution >= 4 is 5.69 Å². The molecule has 0 aromatic heterocycles. The van der Waals surface area contributed by atoms with Crippen LogP contribution >= 0.6 is 0 Å². The Morgan fingerprint density at radius 1 is 1.57 bits per heavy atom. The number of rotatable bonds is 7. The van der Waals surface area contributed by atoms with Crippen molar-refractivity contribution in [2.24, 2.45) is 5.92 Å². The third-order valence-corrected chi connectivity index (χ3v) is 3.51. The van der Waals surface area contributed by atoms with Crippen LogP contribution in [0.1, 0.15) is 26.7 Å². The first kappa shape index (κ1) is 15.3. The van der Waals surface area contributed by atoms with Gasteiger partial charge in [0.2, 0.25) is 0 Å². The van der Waals surface area contributed by atoms with Gasteiger partial charge in [0.25, 0.3) is 5.69 Å². The van der Waals surface area contributed by atoms with E-state index < -0.39 is 10.5 Å². The number of non-ortho nitro benzene ring substituents is 1. The second kappa shape index (κ2) is 6.10. The molecule has 1 fully saturated rings. The number of nitrogens with one attached hydrogen (secondary N) is 1. The molecule has 1 aromatic carbocycles. The zero-order valence-electron chi connectivity index (χ0n) is 12.2. The van der Waals surface area contributed by atoms with Crippen LogP contribution in [0.3, 0.4) is 0 Å². The fraction of sp³-hybridized carbons (Fsp3) is 0.533. The average Bonchev–Trinajstić information content (AvgIpc) is 3.28. The molecule has 112 valence electrons. The van der Waals surface area contributed by atoms with E-state index in [1.807, 2.05) is 13.8 Å². The molecule has 0 radical (unpaired) electrons. The molecule has 6 heteroatoms. The molecule has 1 N–H and O–H groups in total. The lowest BCUT2D eigenvalue weighted by atomic mass is 9.95. The molecular weight excluding hydrogens is 270 g/mol. The zero-order valence-corrected chi connectivity index (χ0v) is 12.2. The van der Waals surface area contributed by atoms with Gasteiger partial charge in [0.15, 0.2) is 0 Å². The molecule has 21 heavy (non-hydrogen) atoms. The van der Waals surface area contributed by atoms with Crippen LogP contribution in [0.25, 0.3) is 0 Å². The molecule has 1 atom stereocenters. The number of nitro benzene ring substituents is 1. The summed E-state index contributed by atoms with van der Waals surface area (Å²) >= 11 is 0. The van der Waals surface area contributed by atoms with E-state index in [1.54, 1.807) is 12.1 Å². The Kier molecular flexibility index (Phi) is 4.43. The van der Waals surface area contributed by atoms with E-state index in [0.29, 0.717) is 5.75 Å². The molecule has 0 saturated heterocycles. The zero-order chi connectivity index (χ0) is 15.5. The fourth-order valence-electron chi connectivity index (χ4n) is 2.41. The van der Waals surface area contributed by atoms with Crippen LogP contribution in [-0.2, 0) is 0 Å². The normalized spacial score (nSPS) is 17.0. The van der Waals surface area contributed by atoms with Gasteiger partial charge < -0.3 is 4.74 Å². The van der Waals surface area contributed by atoms with Crippen molar-refractivity contribution in [3.8, 4) is 11.8 Å². The Hall–Kier alpha value is -2.13. The maximum absolute atomic E-state index is 10.8. The van der Waals surface area contributed by atoms with E-state index in [-0.39, 0.29) is 24.3 Å². The number of nitrogens with zero attached hydrogens (tertiary/aromatic N) is 2. The number of hydrogen-bond donors (Lipinski definition) is 1. The van der Waals surface area contributed by atoms with E-state index in [2.05, 4.69) is 11.4 Å². The van der Waals surface area contributed by atoms with Crippen molar-refractivity contribution in [1.82, 2.24) is 5.32 Å². The molecule has 1 aliphatic rings. The summed E-state index contributed by atoms with van der Waals surface area (Å²) in [5.41, 5.74) is -0.739. The summed E-state index contributed by atoms with van der Waals surface area (Å²) in [7, 11) is 0. The SMILES string of the molecule is CC(C)NC(C#N)(COc1cccc([N+](=O)[O-])c1)C1CC1. The Morgan fingerprint density at radius 2 is 2.29 bits per heavy atom. The van der Waals surface area contributed by atoms with E-state index in [9.17, 15) is 15.4 Å². The first-order valence-electron chi connectivity index (χ1n) is 7.03. The molecule has 0 heterocycles. The largest absolute Gasteiger partial charge is 0.490 e. The van der Waals surface area contributed by atoms with Gasteiger partial charge >= 0.3 is 0 Å². The second-order valence-electron chi connectivity index (χ2n) is 5.70. The minimum Gasteiger partial charge on any atom is -0.490 e. The number of ether oxygens (including phenoxy) is 1. The van der Waals surface area contributed by atoms with Crippen LogP contribution in [0.4, 0.5) is 5.69 Å². The summed E-state index contributed by atoms with van der Waals surface area (Å²) in [6, 6.07) is 8.55. The maximum atomic E-state index is 10.8. The lowest BCUT2D eigenvalue weighted by molar-refractivity contribution is -0.384. The Labute approximate surface area is 123 Å². The highest BCUT2D eigenvalue weighted by atomic mass is 16.6. The molecule has 0 spiro atoms. The van der Waals surface area contributed by atoms with Crippen LogP contribution in [0.2, 0.25) is 0 Å². The lowest BCUT2D eigenvalue weighted by Gasteiger charge is -2.30. The van der Waals surface area contributed by atoms with Gasteiger partial charge in [0.1, 0.15) is 17.9 Å². The minimum atomic E-state index is -0.723. The van der Waals surface area contributed by atoms with Crippen LogP contribution in [0, 0.1) is 27.4 Å². The predicted octanol–water partition coefficient (Wildman–Crippen LogP) is 2.64. The molecule has 1 unspecified atom stereocenters. The van der Waals surface area contributed by atoms with Gasteiger partial charge in [-0.3, -0.25) is 15.4 Å². The van der Waals surface area contributed by atoms with Gasteiger partial charge in [-0.05, 0) is 38.7 Å². The highest BCUT2D eigenvalue weighted by Gasteiger charge is 2.46. The van der Waals surface area contributed by atoms with E-state index in [4.69, 9.17) is 4.74 Å². The molecule has 0 aliphatic heterocycles. The van der Waals surface area contributed by atoms with Crippen molar-refractivity contribution in [3.05, 3.63) is 34.4 Å². The van der Waals surface area contributed by atoms with Crippen molar-refractivity contribution in [3.63, 3.8) is 0 Å². The van der Waals surface area contributed by atoms with Crippen molar-refractivity contribution < 1.29 is 9.66 Å². The van der Waals surface area contributed by atoms with Crippen molar-refractivity contribution in [1.29, 1.82) is 5.26 Å². The van der Waals surface area contributed by atoms with E-state index in [1.165, 1.54) is 12.1 Å². The van der Waals surface area contributed by atoms with Gasteiger partial charge in [0.05, 0.1) is 17.1 Å². The second-order valence-corrected chi connectivity index (χ2v) is 5.70. The first-order valence-corrected chi connectivity index (χ1v) is 7.03. The van der Waals surface area contributed by atoms with Gasteiger partial charge in [-0.15, -0.1) is 0 Å². The van der Waals surface area contributed by atoms with Gasteiger partial charge in [-0.2, -0.15) is 5.26 Å². The van der Waals surface area contributed by atoms with Crippen LogP contribution in [-0.4, -0.2) is 23.1 Å². The molecule has 6 nitrogen and oxygen atoms in total. The van der Waals surface area contributed by atoms with E-state index >= 15 is 0 Å². The van der Waals surface area contributed by atoms with E-state index in [0.717, 1.165) is 12.8 Å². The summed E-state index contributed by atoms with van der Waals surface area (Å²) in [5, 5.41) is 23.6. The lowest BCUT2D eigenvalue weighted by Crippen LogP contribution is -2.53. The Balaban J connectivity index is 2.10. The molecule has 1 aromatic rings. The summed E-state index contributed by atoms with van der Waals surface area (Å²) < 4.78 is 5.67. The van der Waals surface area contributed by atoms with Crippen LogP contribution < -0.4 is 10.1 Å². The molecule has 0 amide bonds. The van der Waals surface area contributed by atoms with Crippen LogP contribution in [0.5, 0.6) is 5.75 Å². The number of nitro groups is 1. The predicted molar refractivity (Wildman–Crippen MR) is 77.9 cm³/mol. The highest BCUT2D eigenvalue weighted by molar-refractivity contribution is 5.38. The fourth-order valence-corrected chi connectivity index (χ4v) is 2.41. The molecule has 1 saturated carbocycles. The summed E-state index contributed by atoms with van der Waals surface area (Å²) in [6.07, 6.45) is 2.01. The van der Waals surface area contributed by atoms with Gasteiger partial charge in [-0.1, -0.05) is 6.07 Å². The molecule has 0 bridgehead atoms. The Morgan fingerprint density at radius 3 is 2.81 bits per heavy atom. The summed E-state index contributed by atoms with van der Waals surface area (Å²) in [4.78, 5) is 10.3. The highest BCUT2D eigenvalue weighted by Crippen LogP contribution is 2.40.